The molecule has 4 heteroatoms. The van der Waals surface area contributed by atoms with E-state index in [2.05, 4.69) is 11.9 Å². The van der Waals surface area contributed by atoms with E-state index >= 15 is 0 Å². The lowest BCUT2D eigenvalue weighted by Crippen LogP contribution is -2.40. The second-order valence-corrected chi connectivity index (χ2v) is 4.40. The van der Waals surface area contributed by atoms with Crippen molar-refractivity contribution in [2.24, 2.45) is 5.41 Å². The van der Waals surface area contributed by atoms with Crippen LogP contribution in [0.3, 0.4) is 0 Å². The first kappa shape index (κ1) is 12.9. The van der Waals surface area contributed by atoms with E-state index in [0.29, 0.717) is 6.61 Å². The van der Waals surface area contributed by atoms with Gasteiger partial charge in [0.15, 0.2) is 0 Å². The Hall–Kier alpha value is -0.160. The number of hydrogen-bond donors (Lipinski definition) is 1. The van der Waals surface area contributed by atoms with Crippen LogP contribution < -0.4 is 0 Å². The summed E-state index contributed by atoms with van der Waals surface area (Å²) in [5.74, 6) is 0. The summed E-state index contributed by atoms with van der Waals surface area (Å²) in [5.41, 5.74) is -0.0407. The van der Waals surface area contributed by atoms with Crippen molar-refractivity contribution in [3.8, 4) is 0 Å². The van der Waals surface area contributed by atoms with Crippen LogP contribution in [0.2, 0.25) is 0 Å². The summed E-state index contributed by atoms with van der Waals surface area (Å²) in [5, 5.41) is 9.40. The molecule has 1 saturated heterocycles. The SMILES string of the molecule is CCOCCN(C)CC1(CO)CCOC1. The molecule has 0 radical (unpaired) electrons. The smallest absolute Gasteiger partial charge is 0.0593 e. The Balaban J connectivity index is 2.25. The maximum Gasteiger partial charge on any atom is 0.0593 e. The first-order valence-corrected chi connectivity index (χ1v) is 5.67. The van der Waals surface area contributed by atoms with Gasteiger partial charge in [-0.3, -0.25) is 0 Å². The van der Waals surface area contributed by atoms with Gasteiger partial charge in [0.25, 0.3) is 0 Å². The fourth-order valence-corrected chi connectivity index (χ4v) is 1.97. The lowest BCUT2D eigenvalue weighted by Gasteiger charge is -2.30. The molecule has 4 nitrogen and oxygen atoms in total. The number of aliphatic hydroxyl groups is 1. The lowest BCUT2D eigenvalue weighted by molar-refractivity contribution is 0.0515. The van der Waals surface area contributed by atoms with Crippen LogP contribution in [0.25, 0.3) is 0 Å². The molecular formula is C11H23NO3. The minimum absolute atomic E-state index is 0.0407. The third kappa shape index (κ3) is 4.07. The molecular weight excluding hydrogens is 194 g/mol. The first-order valence-electron chi connectivity index (χ1n) is 5.67. The number of hydrogen-bond acceptors (Lipinski definition) is 4. The highest BCUT2D eigenvalue weighted by Gasteiger charge is 2.35. The topological polar surface area (TPSA) is 41.9 Å². The number of likely N-dealkylation sites (N-methyl/N-ethyl adjacent to an activating group) is 1. The maximum atomic E-state index is 9.40. The Morgan fingerprint density at radius 3 is 2.87 bits per heavy atom. The highest BCUT2D eigenvalue weighted by atomic mass is 16.5. The molecule has 0 amide bonds. The Morgan fingerprint density at radius 2 is 2.33 bits per heavy atom. The first-order chi connectivity index (χ1) is 7.22. The van der Waals surface area contributed by atoms with Crippen LogP contribution in [0.4, 0.5) is 0 Å². The van der Waals surface area contributed by atoms with E-state index < -0.39 is 0 Å². The second-order valence-electron chi connectivity index (χ2n) is 4.40. The van der Waals surface area contributed by atoms with Gasteiger partial charge in [0.1, 0.15) is 0 Å². The van der Waals surface area contributed by atoms with Crippen molar-refractivity contribution in [1.82, 2.24) is 4.90 Å². The zero-order valence-corrected chi connectivity index (χ0v) is 9.87. The van der Waals surface area contributed by atoms with E-state index in [1.54, 1.807) is 0 Å². The molecule has 0 saturated carbocycles. The molecule has 0 spiro atoms. The van der Waals surface area contributed by atoms with Gasteiger partial charge in [-0.05, 0) is 20.4 Å². The molecule has 1 fully saturated rings. The summed E-state index contributed by atoms with van der Waals surface area (Å²) in [4.78, 5) is 2.21. The molecule has 0 aromatic rings. The molecule has 15 heavy (non-hydrogen) atoms. The van der Waals surface area contributed by atoms with Crippen molar-refractivity contribution in [2.75, 3.05) is 53.2 Å². The third-order valence-corrected chi connectivity index (χ3v) is 2.95. The summed E-state index contributed by atoms with van der Waals surface area (Å²) >= 11 is 0. The molecule has 0 aromatic heterocycles. The van der Waals surface area contributed by atoms with Crippen molar-refractivity contribution in [3.05, 3.63) is 0 Å². The molecule has 1 aliphatic heterocycles. The fraction of sp³-hybridized carbons (Fsp3) is 1.00. The zero-order chi connectivity index (χ0) is 11.1. The van der Waals surface area contributed by atoms with Crippen LogP contribution in [-0.4, -0.2) is 63.2 Å². The quantitative estimate of drug-likeness (QED) is 0.625. The van der Waals surface area contributed by atoms with Crippen LogP contribution in [0.5, 0.6) is 0 Å². The Bertz CT molecular complexity index is 169. The van der Waals surface area contributed by atoms with E-state index in [0.717, 1.165) is 39.3 Å². The standard InChI is InChI=1S/C11H23NO3/c1-3-14-7-5-12(2)8-11(9-13)4-6-15-10-11/h13H,3-10H2,1-2H3. The number of aliphatic hydroxyl groups excluding tert-OH is 1. The van der Waals surface area contributed by atoms with Crippen LogP contribution in [0.15, 0.2) is 0 Å². The van der Waals surface area contributed by atoms with E-state index in [-0.39, 0.29) is 12.0 Å². The van der Waals surface area contributed by atoms with E-state index in [1.165, 1.54) is 0 Å². The van der Waals surface area contributed by atoms with Gasteiger partial charge < -0.3 is 19.5 Å². The highest BCUT2D eigenvalue weighted by molar-refractivity contribution is 4.85. The zero-order valence-electron chi connectivity index (χ0n) is 9.87. The van der Waals surface area contributed by atoms with Gasteiger partial charge in [0.05, 0.1) is 19.8 Å². The number of nitrogens with zero attached hydrogens (tertiary/aromatic N) is 1. The third-order valence-electron chi connectivity index (χ3n) is 2.95. The minimum atomic E-state index is -0.0407. The van der Waals surface area contributed by atoms with Gasteiger partial charge in [-0.25, -0.2) is 0 Å². The molecule has 1 unspecified atom stereocenters. The highest BCUT2D eigenvalue weighted by Crippen LogP contribution is 2.28. The average molecular weight is 217 g/mol. The fourth-order valence-electron chi connectivity index (χ4n) is 1.97. The van der Waals surface area contributed by atoms with Gasteiger partial charge in [0, 0.05) is 31.7 Å². The van der Waals surface area contributed by atoms with Crippen molar-refractivity contribution < 1.29 is 14.6 Å². The van der Waals surface area contributed by atoms with Crippen LogP contribution in [-0.2, 0) is 9.47 Å². The van der Waals surface area contributed by atoms with Crippen LogP contribution in [0, 0.1) is 5.41 Å². The van der Waals surface area contributed by atoms with Crippen molar-refractivity contribution in [2.45, 2.75) is 13.3 Å². The van der Waals surface area contributed by atoms with Crippen molar-refractivity contribution in [1.29, 1.82) is 0 Å². The minimum Gasteiger partial charge on any atom is -0.396 e. The van der Waals surface area contributed by atoms with Crippen LogP contribution >= 0.6 is 0 Å². The van der Waals surface area contributed by atoms with Gasteiger partial charge in [-0.1, -0.05) is 0 Å². The van der Waals surface area contributed by atoms with Gasteiger partial charge in [0.2, 0.25) is 0 Å². The average Bonchev–Trinajstić information content (AvgIpc) is 2.67. The van der Waals surface area contributed by atoms with Gasteiger partial charge >= 0.3 is 0 Å². The lowest BCUT2D eigenvalue weighted by atomic mass is 9.88. The Labute approximate surface area is 92.2 Å². The van der Waals surface area contributed by atoms with E-state index in [1.807, 2.05) is 6.92 Å². The summed E-state index contributed by atoms with van der Waals surface area (Å²) in [6.07, 6.45) is 0.961. The molecule has 1 N–H and O–H groups in total. The predicted molar refractivity (Wildman–Crippen MR) is 58.9 cm³/mol. The number of ether oxygens (including phenoxy) is 2. The molecule has 0 aliphatic carbocycles. The second kappa shape index (κ2) is 6.43. The molecule has 1 atom stereocenters. The monoisotopic (exact) mass is 217 g/mol. The molecule has 0 bridgehead atoms. The predicted octanol–water partition coefficient (Wildman–Crippen LogP) is 0.354. The van der Waals surface area contributed by atoms with Gasteiger partial charge in [-0.2, -0.15) is 0 Å². The Kier molecular flexibility index (Phi) is 5.53. The summed E-state index contributed by atoms with van der Waals surface area (Å²) in [7, 11) is 2.06. The normalized spacial score (nSPS) is 26.4. The summed E-state index contributed by atoms with van der Waals surface area (Å²) in [6.45, 7) is 7.00. The molecule has 0 aromatic carbocycles. The molecule has 1 aliphatic rings. The number of rotatable bonds is 7. The Morgan fingerprint density at radius 1 is 1.53 bits per heavy atom. The summed E-state index contributed by atoms with van der Waals surface area (Å²) < 4.78 is 10.7. The van der Waals surface area contributed by atoms with Crippen molar-refractivity contribution >= 4 is 0 Å². The molecule has 90 valence electrons. The summed E-state index contributed by atoms with van der Waals surface area (Å²) in [6, 6.07) is 0. The van der Waals surface area contributed by atoms with E-state index in [4.69, 9.17) is 9.47 Å². The van der Waals surface area contributed by atoms with Crippen LogP contribution in [0.1, 0.15) is 13.3 Å². The molecule has 1 rings (SSSR count). The maximum absolute atomic E-state index is 9.40. The van der Waals surface area contributed by atoms with Gasteiger partial charge in [-0.15, -0.1) is 0 Å². The van der Waals surface area contributed by atoms with E-state index in [9.17, 15) is 5.11 Å². The molecule has 1 heterocycles. The van der Waals surface area contributed by atoms with Crippen molar-refractivity contribution in [3.63, 3.8) is 0 Å². The largest absolute Gasteiger partial charge is 0.396 e.